The molecule has 66 heavy (non-hydrogen) atoms. The van der Waals surface area contributed by atoms with Crippen molar-refractivity contribution in [3.8, 4) is 0 Å². The van der Waals surface area contributed by atoms with Gasteiger partial charge < -0.3 is 20.6 Å². The van der Waals surface area contributed by atoms with E-state index >= 15 is 0 Å². The highest BCUT2D eigenvalue weighted by Gasteiger charge is 2.20. The second-order valence-electron chi connectivity index (χ2n) is 20.6. The first-order chi connectivity index (χ1) is 32.5. The van der Waals surface area contributed by atoms with Gasteiger partial charge in [-0.3, -0.25) is 4.79 Å². The van der Waals surface area contributed by atoms with Crippen LogP contribution in [-0.2, 0) is 4.79 Å². The smallest absolute Gasteiger partial charge is 0.222 e. The molecule has 0 aromatic carbocycles. The fourth-order valence-corrected chi connectivity index (χ4v) is 9.35. The zero-order chi connectivity index (χ0) is 47.9. The normalized spacial score (nSPS) is 13.5. The number of amides is 1. The molecule has 0 saturated carbocycles. The van der Waals surface area contributed by atoms with Gasteiger partial charge in [-0.25, -0.2) is 0 Å². The van der Waals surface area contributed by atoms with Crippen LogP contribution in [0.2, 0.25) is 0 Å². The van der Waals surface area contributed by atoms with Crippen molar-refractivity contribution in [2.24, 2.45) is 0 Å². The van der Waals surface area contributed by atoms with E-state index in [9.17, 15) is 20.1 Å². The maximum Gasteiger partial charge on any atom is 0.222 e. The third kappa shape index (κ3) is 52.0. The van der Waals surface area contributed by atoms with Crippen molar-refractivity contribution in [1.29, 1.82) is 0 Å². The van der Waals surface area contributed by atoms with Gasteiger partial charge in [0, 0.05) is 0 Å². The fraction of sp³-hybridized carbons (Fsp3) is 0.885. The minimum absolute atomic E-state index is 0.00816. The van der Waals surface area contributed by atoms with Crippen LogP contribution < -0.4 is 5.32 Å². The Hall–Kier alpha value is -1.43. The average Bonchev–Trinajstić information content (AvgIpc) is 3.31. The molecule has 0 radical (unpaired) electrons. The third-order valence-corrected chi connectivity index (χ3v) is 13.9. The van der Waals surface area contributed by atoms with Gasteiger partial charge in [0.05, 0.1) is 31.3 Å². The molecule has 4 N–H and O–H groups in total. The number of nitrogens with one attached hydrogen (secondary N) is 1. The number of rotatable bonds is 55. The molecule has 3 atom stereocenters. The summed E-state index contributed by atoms with van der Waals surface area (Å²) in [6.07, 6.45) is 73.5. The summed E-state index contributed by atoms with van der Waals surface area (Å²) >= 11 is 0. The lowest BCUT2D eigenvalue weighted by Crippen LogP contribution is -2.45. The van der Waals surface area contributed by atoms with E-state index in [1.54, 1.807) is 6.08 Å². The predicted molar refractivity (Wildman–Crippen MR) is 291 cm³/mol. The van der Waals surface area contributed by atoms with Crippen LogP contribution in [0.3, 0.4) is 0 Å². The van der Waals surface area contributed by atoms with Crippen molar-refractivity contribution < 1.29 is 20.1 Å². The van der Waals surface area contributed by atoms with Gasteiger partial charge in [-0.15, -0.1) is 0 Å². The van der Waals surface area contributed by atoms with Crippen LogP contribution in [0.15, 0.2) is 36.5 Å². The van der Waals surface area contributed by atoms with Gasteiger partial charge in [0.1, 0.15) is 0 Å². The Morgan fingerprint density at radius 2 is 0.652 bits per heavy atom. The van der Waals surface area contributed by atoms with E-state index in [2.05, 4.69) is 43.5 Å². The molecule has 0 rings (SSSR count). The highest BCUT2D eigenvalue weighted by molar-refractivity contribution is 5.76. The van der Waals surface area contributed by atoms with Gasteiger partial charge in [-0.05, 0) is 57.8 Å². The van der Waals surface area contributed by atoms with E-state index in [-0.39, 0.29) is 18.9 Å². The number of hydrogen-bond donors (Lipinski definition) is 4. The first-order valence-corrected chi connectivity index (χ1v) is 29.8. The maximum atomic E-state index is 12.5. The second kappa shape index (κ2) is 56.2. The zero-order valence-corrected chi connectivity index (χ0v) is 44.6. The highest BCUT2D eigenvalue weighted by atomic mass is 16.3. The van der Waals surface area contributed by atoms with Crippen LogP contribution in [0.4, 0.5) is 0 Å². The fourth-order valence-electron chi connectivity index (χ4n) is 9.35. The van der Waals surface area contributed by atoms with Crippen molar-refractivity contribution in [3.05, 3.63) is 36.5 Å². The summed E-state index contributed by atoms with van der Waals surface area (Å²) in [5.74, 6) is -0.321. The van der Waals surface area contributed by atoms with Crippen LogP contribution in [-0.4, -0.2) is 46.1 Å². The van der Waals surface area contributed by atoms with Crippen molar-refractivity contribution >= 4 is 5.91 Å². The summed E-state index contributed by atoms with van der Waals surface area (Å²) in [6.45, 7) is 4.24. The first-order valence-electron chi connectivity index (χ1n) is 29.8. The van der Waals surface area contributed by atoms with E-state index in [1.807, 2.05) is 6.08 Å². The Morgan fingerprint density at radius 3 is 0.970 bits per heavy atom. The minimum Gasteiger partial charge on any atom is -0.394 e. The summed E-state index contributed by atoms with van der Waals surface area (Å²) < 4.78 is 0. The molecular formula is C61H117NO4. The molecule has 0 spiro atoms. The van der Waals surface area contributed by atoms with Crippen molar-refractivity contribution in [1.82, 2.24) is 5.32 Å². The Morgan fingerprint density at radius 1 is 0.379 bits per heavy atom. The van der Waals surface area contributed by atoms with Gasteiger partial charge in [0.15, 0.2) is 0 Å². The number of unbranched alkanes of at least 4 members (excludes halogenated alkanes) is 42. The summed E-state index contributed by atoms with van der Waals surface area (Å²) in [7, 11) is 0. The number of allylic oxidation sites excluding steroid dienone is 5. The second-order valence-corrected chi connectivity index (χ2v) is 20.6. The molecule has 5 nitrogen and oxygen atoms in total. The molecular weight excluding hydrogens is 811 g/mol. The van der Waals surface area contributed by atoms with Crippen LogP contribution in [0.25, 0.3) is 0 Å². The molecule has 0 aromatic rings. The van der Waals surface area contributed by atoms with Crippen LogP contribution in [0.1, 0.15) is 322 Å². The van der Waals surface area contributed by atoms with E-state index in [0.29, 0.717) is 6.42 Å². The van der Waals surface area contributed by atoms with Crippen LogP contribution in [0.5, 0.6) is 0 Å². The number of carbonyl (C=O) groups excluding carboxylic acids is 1. The molecule has 0 aliphatic carbocycles. The maximum absolute atomic E-state index is 12.5. The Labute approximate surface area is 413 Å². The topological polar surface area (TPSA) is 89.8 Å². The molecule has 3 unspecified atom stereocenters. The highest BCUT2D eigenvalue weighted by Crippen LogP contribution is 2.17. The van der Waals surface area contributed by atoms with Gasteiger partial charge >= 0.3 is 0 Å². The molecule has 0 fully saturated rings. The van der Waals surface area contributed by atoms with Gasteiger partial charge in [-0.2, -0.15) is 0 Å². The SMILES string of the molecule is CCCCCCCCCCCCCC/C=C\CCCCCCCCCCCCCCCCCC(O)CC(=O)NC(CO)C(O)/C=C/CC/C=C/CCCCCCCCCCCCCCCC. The quantitative estimate of drug-likeness (QED) is 0.0361. The van der Waals surface area contributed by atoms with Crippen LogP contribution >= 0.6 is 0 Å². The first kappa shape index (κ1) is 64.6. The summed E-state index contributed by atoms with van der Waals surface area (Å²) in [5.41, 5.74) is 0. The molecule has 1 amide bonds. The van der Waals surface area contributed by atoms with Crippen LogP contribution in [0, 0.1) is 0 Å². The Kier molecular flexibility index (Phi) is 54.9. The molecule has 0 aliphatic rings. The lowest BCUT2D eigenvalue weighted by Gasteiger charge is -2.21. The Bertz CT molecular complexity index is 1020. The third-order valence-electron chi connectivity index (χ3n) is 13.9. The molecule has 0 aromatic heterocycles. The van der Waals surface area contributed by atoms with Crippen molar-refractivity contribution in [2.45, 2.75) is 340 Å². The zero-order valence-electron chi connectivity index (χ0n) is 44.6. The largest absolute Gasteiger partial charge is 0.394 e. The molecule has 0 heterocycles. The minimum atomic E-state index is -0.952. The summed E-state index contributed by atoms with van der Waals surface area (Å²) in [4.78, 5) is 12.5. The number of hydrogen-bond acceptors (Lipinski definition) is 4. The monoisotopic (exact) mass is 928 g/mol. The molecule has 390 valence electrons. The molecule has 0 saturated heterocycles. The number of aliphatic hydroxyl groups excluding tert-OH is 3. The van der Waals surface area contributed by atoms with Gasteiger partial charge in [0.25, 0.3) is 0 Å². The van der Waals surface area contributed by atoms with Crippen molar-refractivity contribution in [3.63, 3.8) is 0 Å². The lowest BCUT2D eigenvalue weighted by atomic mass is 10.0. The molecule has 0 bridgehead atoms. The van der Waals surface area contributed by atoms with E-state index in [1.165, 1.54) is 263 Å². The predicted octanol–water partition coefficient (Wildman–Crippen LogP) is 18.6. The van der Waals surface area contributed by atoms with Gasteiger partial charge in [-0.1, -0.05) is 294 Å². The number of aliphatic hydroxyl groups is 3. The lowest BCUT2D eigenvalue weighted by molar-refractivity contribution is -0.124. The number of carbonyl (C=O) groups is 1. The summed E-state index contributed by atoms with van der Waals surface area (Å²) in [5, 5.41) is 33.5. The average molecular weight is 929 g/mol. The van der Waals surface area contributed by atoms with Crippen molar-refractivity contribution in [2.75, 3.05) is 6.61 Å². The molecule has 0 aliphatic heterocycles. The van der Waals surface area contributed by atoms with E-state index in [4.69, 9.17) is 0 Å². The molecule has 5 heteroatoms. The van der Waals surface area contributed by atoms with Gasteiger partial charge in [0.2, 0.25) is 5.91 Å². The van der Waals surface area contributed by atoms with E-state index < -0.39 is 18.2 Å². The van der Waals surface area contributed by atoms with E-state index in [0.717, 1.165) is 32.1 Å². The standard InChI is InChI=1S/C61H117NO4/c1-3-5-7-9-11-13-15-17-19-21-23-25-26-27-28-29-30-31-32-33-34-35-36-38-40-42-44-46-48-50-52-54-58(64)56-61(66)62-59(57-63)60(65)55-53-51-49-47-45-43-41-39-37-24-22-20-18-16-14-12-10-8-6-4-2/h27-28,45,47,53,55,58-60,63-65H,3-26,29-44,46,48-52,54,56-57H2,1-2H3,(H,62,66)/b28-27-,47-45+,55-53+. The summed E-state index contributed by atoms with van der Waals surface area (Å²) in [6, 6.07) is -0.761. The Balaban J connectivity index is 3.55.